The monoisotopic (exact) mass is 403 g/mol. The SMILES string of the molecule is O=C1NC(=O)C(c2ccccc2)(c2ccccc2)C/C1=C\c1cccc2ccccc12. The molecule has 3 heteroatoms. The van der Waals surface area contributed by atoms with Crippen LogP contribution < -0.4 is 5.32 Å². The summed E-state index contributed by atoms with van der Waals surface area (Å²) in [5, 5.41) is 4.83. The zero-order chi connectivity index (χ0) is 21.3. The number of amides is 2. The fourth-order valence-corrected chi connectivity index (χ4v) is 4.50. The van der Waals surface area contributed by atoms with Gasteiger partial charge in [0.15, 0.2) is 0 Å². The first-order chi connectivity index (χ1) is 15.2. The molecule has 0 aromatic heterocycles. The van der Waals surface area contributed by atoms with E-state index in [0.29, 0.717) is 12.0 Å². The molecule has 0 atom stereocenters. The number of fused-ring (bicyclic) bond motifs is 1. The summed E-state index contributed by atoms with van der Waals surface area (Å²) in [5.74, 6) is -0.620. The van der Waals surface area contributed by atoms with Gasteiger partial charge in [0.05, 0.1) is 0 Å². The minimum Gasteiger partial charge on any atom is -0.292 e. The highest BCUT2D eigenvalue weighted by Crippen LogP contribution is 2.41. The summed E-state index contributed by atoms with van der Waals surface area (Å²) in [4.78, 5) is 26.3. The van der Waals surface area contributed by atoms with Gasteiger partial charge in [-0.15, -0.1) is 0 Å². The molecular formula is C28H21NO2. The van der Waals surface area contributed by atoms with Crippen molar-refractivity contribution in [3.05, 3.63) is 125 Å². The number of benzene rings is 4. The zero-order valence-electron chi connectivity index (χ0n) is 16.9. The largest absolute Gasteiger partial charge is 0.292 e. The van der Waals surface area contributed by atoms with E-state index in [1.807, 2.05) is 91.0 Å². The van der Waals surface area contributed by atoms with Crippen LogP contribution in [0.1, 0.15) is 23.1 Å². The van der Waals surface area contributed by atoms with Gasteiger partial charge in [-0.3, -0.25) is 14.9 Å². The third-order valence-electron chi connectivity index (χ3n) is 6.05. The smallest absolute Gasteiger partial charge is 0.253 e. The van der Waals surface area contributed by atoms with Crippen LogP contribution in [0.25, 0.3) is 16.8 Å². The Kier molecular flexibility index (Phi) is 4.72. The van der Waals surface area contributed by atoms with Crippen molar-refractivity contribution in [3.63, 3.8) is 0 Å². The first-order valence-corrected chi connectivity index (χ1v) is 10.3. The number of carbonyl (C=O) groups excluding carboxylic acids is 2. The summed E-state index contributed by atoms with van der Waals surface area (Å²) >= 11 is 0. The number of nitrogens with one attached hydrogen (secondary N) is 1. The van der Waals surface area contributed by atoms with E-state index < -0.39 is 5.41 Å². The molecule has 0 aliphatic carbocycles. The lowest BCUT2D eigenvalue weighted by Crippen LogP contribution is -2.53. The average Bonchev–Trinajstić information content (AvgIpc) is 2.82. The molecular weight excluding hydrogens is 382 g/mol. The lowest BCUT2D eigenvalue weighted by Gasteiger charge is -2.37. The molecule has 1 heterocycles. The number of piperidine rings is 1. The van der Waals surface area contributed by atoms with E-state index in [1.54, 1.807) is 0 Å². The van der Waals surface area contributed by atoms with E-state index in [0.717, 1.165) is 27.5 Å². The molecule has 0 bridgehead atoms. The molecule has 0 saturated carbocycles. The Morgan fingerprint density at radius 1 is 0.677 bits per heavy atom. The normalized spacial score (nSPS) is 17.0. The fourth-order valence-electron chi connectivity index (χ4n) is 4.50. The van der Waals surface area contributed by atoms with Gasteiger partial charge in [0, 0.05) is 12.0 Å². The lowest BCUT2D eigenvalue weighted by molar-refractivity contribution is -0.133. The van der Waals surface area contributed by atoms with Crippen molar-refractivity contribution in [2.24, 2.45) is 0 Å². The van der Waals surface area contributed by atoms with Crippen LogP contribution in [-0.4, -0.2) is 11.8 Å². The number of hydrogen-bond acceptors (Lipinski definition) is 2. The first-order valence-electron chi connectivity index (χ1n) is 10.3. The van der Waals surface area contributed by atoms with Crippen LogP contribution in [0.5, 0.6) is 0 Å². The van der Waals surface area contributed by atoms with Crippen LogP contribution in [0.2, 0.25) is 0 Å². The second-order valence-electron chi connectivity index (χ2n) is 7.84. The van der Waals surface area contributed by atoms with Gasteiger partial charge >= 0.3 is 0 Å². The second kappa shape index (κ2) is 7.69. The minimum absolute atomic E-state index is 0.287. The van der Waals surface area contributed by atoms with Crippen molar-refractivity contribution in [1.29, 1.82) is 0 Å². The highest BCUT2D eigenvalue weighted by Gasteiger charge is 2.47. The summed E-state index contributed by atoms with van der Waals surface area (Å²) in [7, 11) is 0. The molecule has 1 aliphatic heterocycles. The average molecular weight is 403 g/mol. The topological polar surface area (TPSA) is 46.2 Å². The predicted octanol–water partition coefficient (Wildman–Crippen LogP) is 5.26. The Balaban J connectivity index is 1.70. The van der Waals surface area contributed by atoms with Crippen LogP contribution in [0.3, 0.4) is 0 Å². The molecule has 0 unspecified atom stereocenters. The van der Waals surface area contributed by atoms with Gasteiger partial charge in [0.1, 0.15) is 5.41 Å². The highest BCUT2D eigenvalue weighted by atomic mass is 16.2. The fraction of sp³-hybridized carbons (Fsp3) is 0.0714. The number of imide groups is 1. The van der Waals surface area contributed by atoms with Gasteiger partial charge in [-0.1, -0.05) is 103 Å². The third kappa shape index (κ3) is 3.24. The maximum atomic E-state index is 13.4. The van der Waals surface area contributed by atoms with Crippen molar-refractivity contribution >= 4 is 28.7 Å². The Bertz CT molecular complexity index is 1260. The van der Waals surface area contributed by atoms with E-state index in [1.165, 1.54) is 0 Å². The van der Waals surface area contributed by atoms with E-state index in [2.05, 4.69) is 23.5 Å². The summed E-state index contributed by atoms with van der Waals surface area (Å²) < 4.78 is 0. The molecule has 31 heavy (non-hydrogen) atoms. The van der Waals surface area contributed by atoms with E-state index in [9.17, 15) is 9.59 Å². The molecule has 2 amide bonds. The Labute approximate surface area is 181 Å². The van der Waals surface area contributed by atoms with Gasteiger partial charge in [-0.25, -0.2) is 0 Å². The molecule has 5 rings (SSSR count). The zero-order valence-corrected chi connectivity index (χ0v) is 16.9. The molecule has 1 saturated heterocycles. The van der Waals surface area contributed by atoms with Crippen LogP contribution in [-0.2, 0) is 15.0 Å². The lowest BCUT2D eigenvalue weighted by atomic mass is 9.67. The molecule has 1 fully saturated rings. The van der Waals surface area contributed by atoms with E-state index >= 15 is 0 Å². The maximum absolute atomic E-state index is 13.4. The Morgan fingerprint density at radius 2 is 1.26 bits per heavy atom. The quantitative estimate of drug-likeness (QED) is 0.375. The van der Waals surface area contributed by atoms with Crippen LogP contribution in [0.4, 0.5) is 0 Å². The summed E-state index contributed by atoms with van der Waals surface area (Å²) in [6.07, 6.45) is 2.22. The Morgan fingerprint density at radius 3 is 1.94 bits per heavy atom. The van der Waals surface area contributed by atoms with Gasteiger partial charge in [0.2, 0.25) is 5.91 Å². The van der Waals surface area contributed by atoms with E-state index in [4.69, 9.17) is 0 Å². The second-order valence-corrected chi connectivity index (χ2v) is 7.84. The van der Waals surface area contributed by atoms with Crippen LogP contribution >= 0.6 is 0 Å². The molecule has 3 nitrogen and oxygen atoms in total. The molecule has 0 radical (unpaired) electrons. The molecule has 150 valence electrons. The Hall–Kier alpha value is -3.98. The van der Waals surface area contributed by atoms with Crippen molar-refractivity contribution < 1.29 is 9.59 Å². The third-order valence-corrected chi connectivity index (χ3v) is 6.05. The standard InChI is InChI=1S/C28H21NO2/c30-26-22(18-21-12-9-11-20-10-7-8-17-25(20)21)19-28(27(31)29-26,23-13-3-1-4-14-23)24-15-5-2-6-16-24/h1-18H,19H2,(H,29,30,31)/b22-18+. The summed E-state index contributed by atoms with van der Waals surface area (Å²) in [5.41, 5.74) is 2.33. The maximum Gasteiger partial charge on any atom is 0.253 e. The molecule has 0 spiro atoms. The molecule has 4 aromatic carbocycles. The van der Waals surface area contributed by atoms with Crippen molar-refractivity contribution in [1.82, 2.24) is 5.32 Å². The highest BCUT2D eigenvalue weighted by molar-refractivity contribution is 6.15. The van der Waals surface area contributed by atoms with Crippen LogP contribution in [0.15, 0.2) is 109 Å². The first kappa shape index (κ1) is 19.0. The number of carbonyl (C=O) groups is 2. The van der Waals surface area contributed by atoms with Crippen molar-refractivity contribution in [2.75, 3.05) is 0 Å². The molecule has 4 aromatic rings. The van der Waals surface area contributed by atoms with Gasteiger partial charge in [0.25, 0.3) is 5.91 Å². The summed E-state index contributed by atoms with van der Waals surface area (Å²) in [6.45, 7) is 0. The predicted molar refractivity (Wildman–Crippen MR) is 123 cm³/mol. The van der Waals surface area contributed by atoms with E-state index in [-0.39, 0.29) is 11.8 Å². The van der Waals surface area contributed by atoms with Gasteiger partial charge in [-0.05, 0) is 33.5 Å². The number of rotatable bonds is 3. The summed E-state index contributed by atoms with van der Waals surface area (Å²) in [6, 6.07) is 33.6. The van der Waals surface area contributed by atoms with Crippen LogP contribution in [0, 0.1) is 0 Å². The van der Waals surface area contributed by atoms with Crippen molar-refractivity contribution in [2.45, 2.75) is 11.8 Å². The number of hydrogen-bond donors (Lipinski definition) is 1. The van der Waals surface area contributed by atoms with Crippen molar-refractivity contribution in [3.8, 4) is 0 Å². The molecule has 1 N–H and O–H groups in total. The van der Waals surface area contributed by atoms with Gasteiger partial charge < -0.3 is 0 Å². The molecule has 1 aliphatic rings. The minimum atomic E-state index is -0.965. The van der Waals surface area contributed by atoms with Gasteiger partial charge in [-0.2, -0.15) is 0 Å².